The minimum Gasteiger partial charge on any atom is -0.296 e. The molecule has 0 spiro atoms. The van der Waals surface area contributed by atoms with E-state index in [0.29, 0.717) is 11.7 Å². The van der Waals surface area contributed by atoms with E-state index in [9.17, 15) is 4.79 Å². The summed E-state index contributed by atoms with van der Waals surface area (Å²) in [5.74, 6) is 0. The van der Waals surface area contributed by atoms with Gasteiger partial charge in [-0.1, -0.05) is 25.0 Å². The summed E-state index contributed by atoms with van der Waals surface area (Å²) in [6.07, 6.45) is 6.52. The summed E-state index contributed by atoms with van der Waals surface area (Å²) in [5.41, 5.74) is 1.51. The second-order valence-electron chi connectivity index (χ2n) is 3.78. The molecule has 0 unspecified atom stereocenters. The fraction of sp³-hybridized carbons (Fsp3) is 0.700. The molecule has 1 fully saturated rings. The minimum atomic E-state index is 0.478. The molecule has 2 rings (SSSR count). The molecule has 0 saturated heterocycles. The second kappa shape index (κ2) is 3.90. The van der Waals surface area contributed by atoms with Gasteiger partial charge < -0.3 is 0 Å². The zero-order valence-electron chi connectivity index (χ0n) is 8.44. The van der Waals surface area contributed by atoms with E-state index in [1.165, 1.54) is 25.7 Å². The number of aldehydes is 1. The predicted octanol–water partition coefficient (Wildman–Crippen LogP) is 1.77. The third kappa shape index (κ3) is 1.45. The molecule has 0 bridgehead atoms. The lowest BCUT2D eigenvalue weighted by Gasteiger charge is -2.11. The lowest BCUT2D eigenvalue weighted by atomic mass is 10.2. The maximum absolute atomic E-state index is 10.7. The Kier molecular flexibility index (Phi) is 2.61. The van der Waals surface area contributed by atoms with Gasteiger partial charge in [0.05, 0.1) is 11.7 Å². The summed E-state index contributed by atoms with van der Waals surface area (Å²) in [6.45, 7) is 2.04. The molecule has 0 amide bonds. The van der Waals surface area contributed by atoms with E-state index in [2.05, 4.69) is 10.3 Å². The topological polar surface area (TPSA) is 47.8 Å². The van der Waals surface area contributed by atoms with Gasteiger partial charge in [-0.3, -0.25) is 4.79 Å². The maximum Gasteiger partial charge on any atom is 0.172 e. The quantitative estimate of drug-likeness (QED) is 0.687. The number of hydrogen-bond acceptors (Lipinski definition) is 3. The van der Waals surface area contributed by atoms with Gasteiger partial charge in [0.25, 0.3) is 0 Å². The summed E-state index contributed by atoms with van der Waals surface area (Å²) in [4.78, 5) is 10.7. The van der Waals surface area contributed by atoms with Crippen LogP contribution in [0, 0.1) is 0 Å². The molecule has 0 aromatic carbocycles. The fourth-order valence-electron chi connectivity index (χ4n) is 2.20. The highest BCUT2D eigenvalue weighted by Crippen LogP contribution is 2.30. The Morgan fingerprint density at radius 3 is 2.79 bits per heavy atom. The van der Waals surface area contributed by atoms with E-state index in [4.69, 9.17) is 0 Å². The molecule has 0 N–H and O–H groups in total. The van der Waals surface area contributed by atoms with Gasteiger partial charge in [-0.2, -0.15) is 0 Å². The van der Waals surface area contributed by atoms with Gasteiger partial charge >= 0.3 is 0 Å². The first-order valence-corrected chi connectivity index (χ1v) is 5.26. The van der Waals surface area contributed by atoms with E-state index in [1.54, 1.807) is 0 Å². The molecule has 1 aromatic rings. The van der Waals surface area contributed by atoms with Crippen LogP contribution in [0.25, 0.3) is 0 Å². The molecule has 1 saturated carbocycles. The summed E-state index contributed by atoms with van der Waals surface area (Å²) < 4.78 is 1.96. The van der Waals surface area contributed by atoms with Crippen LogP contribution in [0.2, 0.25) is 0 Å². The molecule has 0 atom stereocenters. The normalized spacial score (nSPS) is 17.5. The van der Waals surface area contributed by atoms with Crippen molar-refractivity contribution in [1.82, 2.24) is 15.0 Å². The highest BCUT2D eigenvalue weighted by Gasteiger charge is 2.21. The Bertz CT molecular complexity index is 326. The van der Waals surface area contributed by atoms with Crippen LogP contribution in [0.15, 0.2) is 0 Å². The smallest absolute Gasteiger partial charge is 0.172 e. The summed E-state index contributed by atoms with van der Waals surface area (Å²) in [6, 6.07) is 0.478. The van der Waals surface area contributed by atoms with Gasteiger partial charge in [0.1, 0.15) is 5.69 Å². The molecule has 14 heavy (non-hydrogen) atoms. The molecule has 1 aliphatic carbocycles. The Labute approximate surface area is 83.3 Å². The van der Waals surface area contributed by atoms with Crippen LogP contribution in [-0.2, 0) is 6.42 Å². The highest BCUT2D eigenvalue weighted by molar-refractivity contribution is 5.73. The number of carbonyl (C=O) groups is 1. The third-order valence-electron chi connectivity index (χ3n) is 2.94. The first-order chi connectivity index (χ1) is 6.86. The summed E-state index contributed by atoms with van der Waals surface area (Å²) in [5, 5.41) is 7.97. The monoisotopic (exact) mass is 193 g/mol. The van der Waals surface area contributed by atoms with E-state index in [0.717, 1.165) is 18.4 Å². The number of rotatable bonds is 3. The van der Waals surface area contributed by atoms with E-state index in [-0.39, 0.29) is 0 Å². The second-order valence-corrected chi connectivity index (χ2v) is 3.78. The van der Waals surface area contributed by atoms with Gasteiger partial charge in [0, 0.05) is 0 Å². The Morgan fingerprint density at radius 2 is 2.21 bits per heavy atom. The lowest BCUT2D eigenvalue weighted by molar-refractivity contribution is 0.111. The third-order valence-corrected chi connectivity index (χ3v) is 2.94. The van der Waals surface area contributed by atoms with E-state index >= 15 is 0 Å². The first kappa shape index (κ1) is 9.37. The number of nitrogens with zero attached hydrogens (tertiary/aromatic N) is 3. The largest absolute Gasteiger partial charge is 0.296 e. The molecular weight excluding hydrogens is 178 g/mol. The molecule has 1 aliphatic rings. The summed E-state index contributed by atoms with van der Waals surface area (Å²) >= 11 is 0. The zero-order valence-corrected chi connectivity index (χ0v) is 8.44. The van der Waals surface area contributed by atoms with Crippen LogP contribution >= 0.6 is 0 Å². The van der Waals surface area contributed by atoms with Crippen molar-refractivity contribution in [3.63, 3.8) is 0 Å². The van der Waals surface area contributed by atoms with Crippen LogP contribution in [0.5, 0.6) is 0 Å². The van der Waals surface area contributed by atoms with Crippen molar-refractivity contribution in [2.24, 2.45) is 0 Å². The first-order valence-electron chi connectivity index (χ1n) is 5.26. The Balaban J connectivity index is 2.31. The SMILES string of the molecule is CCc1c(C=O)nnn1C1CCCC1. The lowest BCUT2D eigenvalue weighted by Crippen LogP contribution is -2.10. The van der Waals surface area contributed by atoms with E-state index in [1.807, 2.05) is 11.6 Å². The van der Waals surface area contributed by atoms with Crippen LogP contribution in [-0.4, -0.2) is 21.3 Å². The van der Waals surface area contributed by atoms with Crippen molar-refractivity contribution in [3.05, 3.63) is 11.4 Å². The van der Waals surface area contributed by atoms with Crippen molar-refractivity contribution >= 4 is 6.29 Å². The van der Waals surface area contributed by atoms with E-state index < -0.39 is 0 Å². The van der Waals surface area contributed by atoms with Gasteiger partial charge in [-0.15, -0.1) is 5.10 Å². The fourth-order valence-corrected chi connectivity index (χ4v) is 2.20. The Hall–Kier alpha value is -1.19. The van der Waals surface area contributed by atoms with Crippen molar-refractivity contribution < 1.29 is 4.79 Å². The minimum absolute atomic E-state index is 0.478. The van der Waals surface area contributed by atoms with Crippen LogP contribution in [0.1, 0.15) is 54.8 Å². The van der Waals surface area contributed by atoms with Crippen molar-refractivity contribution in [2.45, 2.75) is 45.1 Å². The van der Waals surface area contributed by atoms with Crippen LogP contribution < -0.4 is 0 Å². The molecule has 4 nitrogen and oxygen atoms in total. The van der Waals surface area contributed by atoms with Gasteiger partial charge in [0.2, 0.25) is 0 Å². The predicted molar refractivity (Wildman–Crippen MR) is 52.3 cm³/mol. The van der Waals surface area contributed by atoms with Gasteiger partial charge in [0.15, 0.2) is 6.29 Å². The molecule has 1 heterocycles. The van der Waals surface area contributed by atoms with Crippen LogP contribution in [0.4, 0.5) is 0 Å². The number of carbonyl (C=O) groups excluding carboxylic acids is 1. The summed E-state index contributed by atoms with van der Waals surface area (Å²) in [7, 11) is 0. The number of aromatic nitrogens is 3. The molecular formula is C10H15N3O. The Morgan fingerprint density at radius 1 is 1.50 bits per heavy atom. The molecule has 0 radical (unpaired) electrons. The average Bonchev–Trinajstić information content (AvgIpc) is 2.85. The van der Waals surface area contributed by atoms with Crippen LogP contribution in [0.3, 0.4) is 0 Å². The van der Waals surface area contributed by atoms with Crippen molar-refractivity contribution in [3.8, 4) is 0 Å². The average molecular weight is 193 g/mol. The molecule has 4 heteroatoms. The van der Waals surface area contributed by atoms with Crippen molar-refractivity contribution in [1.29, 1.82) is 0 Å². The molecule has 0 aliphatic heterocycles. The standard InChI is InChI=1S/C10H15N3O/c1-2-10-9(7-14)11-12-13(10)8-5-3-4-6-8/h7-8H,2-6H2,1H3. The zero-order chi connectivity index (χ0) is 9.97. The number of hydrogen-bond donors (Lipinski definition) is 0. The molecule has 76 valence electrons. The van der Waals surface area contributed by atoms with Crippen molar-refractivity contribution in [2.75, 3.05) is 0 Å². The maximum atomic E-state index is 10.7. The van der Waals surface area contributed by atoms with Gasteiger partial charge in [-0.25, -0.2) is 4.68 Å². The van der Waals surface area contributed by atoms with Gasteiger partial charge in [-0.05, 0) is 19.3 Å². The highest BCUT2D eigenvalue weighted by atomic mass is 16.1. The molecule has 1 aromatic heterocycles.